The minimum absolute atomic E-state index is 0.0245. The minimum atomic E-state index is -0.326. The Bertz CT molecular complexity index is 666. The van der Waals surface area contributed by atoms with E-state index in [0.717, 1.165) is 17.7 Å². The molecule has 102 valence electrons. The molecule has 0 saturated carbocycles. The van der Waals surface area contributed by atoms with Crippen LogP contribution in [-0.4, -0.2) is 12.3 Å². The maximum absolute atomic E-state index is 13.6. The molecule has 0 aliphatic carbocycles. The van der Waals surface area contributed by atoms with Crippen LogP contribution in [0.2, 0.25) is 0 Å². The van der Waals surface area contributed by atoms with Crippen molar-refractivity contribution >= 4 is 5.78 Å². The fraction of sp³-hybridized carbons (Fsp3) is 0.235. The van der Waals surface area contributed by atoms with Crippen LogP contribution in [0.1, 0.15) is 33.0 Å². The molecule has 1 aliphatic heterocycles. The summed E-state index contributed by atoms with van der Waals surface area (Å²) in [5, 5.41) is 3.25. The van der Waals surface area contributed by atoms with Crippen molar-refractivity contribution < 1.29 is 9.18 Å². The molecule has 20 heavy (non-hydrogen) atoms. The summed E-state index contributed by atoms with van der Waals surface area (Å²) in [6.45, 7) is 3.08. The predicted molar refractivity (Wildman–Crippen MR) is 76.4 cm³/mol. The highest BCUT2D eigenvalue weighted by molar-refractivity contribution is 6.01. The van der Waals surface area contributed by atoms with E-state index in [9.17, 15) is 9.18 Å². The van der Waals surface area contributed by atoms with Gasteiger partial charge in [0.05, 0.1) is 5.92 Å². The third kappa shape index (κ3) is 2.25. The Morgan fingerprint density at radius 1 is 1.25 bits per heavy atom. The number of benzene rings is 2. The van der Waals surface area contributed by atoms with E-state index in [1.54, 1.807) is 19.1 Å². The van der Waals surface area contributed by atoms with Crippen molar-refractivity contribution in [3.8, 4) is 0 Å². The predicted octanol–water partition coefficient (Wildman–Crippen LogP) is 3.20. The second kappa shape index (κ2) is 5.17. The van der Waals surface area contributed by atoms with Gasteiger partial charge in [0.1, 0.15) is 5.82 Å². The number of hydrogen-bond acceptors (Lipinski definition) is 2. The highest BCUT2D eigenvalue weighted by atomic mass is 19.1. The first-order valence-corrected chi connectivity index (χ1v) is 6.75. The van der Waals surface area contributed by atoms with Crippen LogP contribution >= 0.6 is 0 Å². The van der Waals surface area contributed by atoms with Crippen LogP contribution in [0.4, 0.5) is 4.39 Å². The molecule has 0 aromatic heterocycles. The van der Waals surface area contributed by atoms with Crippen molar-refractivity contribution in [2.75, 3.05) is 6.54 Å². The highest BCUT2D eigenvalue weighted by Crippen LogP contribution is 2.27. The van der Waals surface area contributed by atoms with Gasteiger partial charge in [-0.05, 0) is 29.7 Å². The lowest BCUT2D eigenvalue weighted by atomic mass is 9.85. The number of fused-ring (bicyclic) bond motifs is 1. The smallest absolute Gasteiger partial charge is 0.171 e. The summed E-state index contributed by atoms with van der Waals surface area (Å²) in [6.07, 6.45) is 0. The van der Waals surface area contributed by atoms with E-state index in [0.29, 0.717) is 17.7 Å². The van der Waals surface area contributed by atoms with E-state index in [2.05, 4.69) is 5.32 Å². The largest absolute Gasteiger partial charge is 0.312 e. The minimum Gasteiger partial charge on any atom is -0.312 e. The fourth-order valence-corrected chi connectivity index (χ4v) is 2.68. The molecule has 3 rings (SSSR count). The van der Waals surface area contributed by atoms with E-state index >= 15 is 0 Å². The average Bonchev–Trinajstić information content (AvgIpc) is 2.49. The Morgan fingerprint density at radius 3 is 2.85 bits per heavy atom. The second-order valence-corrected chi connectivity index (χ2v) is 5.21. The summed E-state index contributed by atoms with van der Waals surface area (Å²) in [6, 6.07) is 12.6. The summed E-state index contributed by atoms with van der Waals surface area (Å²) in [7, 11) is 0. The number of carbonyl (C=O) groups excluding carboxylic acids is 1. The number of carbonyl (C=O) groups is 1. The van der Waals surface area contributed by atoms with Gasteiger partial charge < -0.3 is 5.32 Å². The molecule has 2 aromatic rings. The lowest BCUT2D eigenvalue weighted by Gasteiger charge is -2.25. The van der Waals surface area contributed by atoms with Crippen LogP contribution in [0.5, 0.6) is 0 Å². The summed E-state index contributed by atoms with van der Waals surface area (Å²) >= 11 is 0. The monoisotopic (exact) mass is 269 g/mol. The molecule has 0 bridgehead atoms. The Kier molecular flexibility index (Phi) is 3.36. The SMILES string of the molecule is Cc1ccc(C(=O)C2CNCc3ccccc32)cc1F. The van der Waals surface area contributed by atoms with E-state index in [4.69, 9.17) is 0 Å². The second-order valence-electron chi connectivity index (χ2n) is 5.21. The standard InChI is InChI=1S/C17H16FNO/c1-11-6-7-12(8-16(11)18)17(20)15-10-19-9-13-4-2-3-5-14(13)15/h2-8,15,19H,9-10H2,1H3. The maximum Gasteiger partial charge on any atom is 0.171 e. The summed E-state index contributed by atoms with van der Waals surface area (Å²) in [5.41, 5.74) is 3.20. The van der Waals surface area contributed by atoms with Crippen LogP contribution in [0, 0.1) is 12.7 Å². The molecule has 1 aliphatic rings. The highest BCUT2D eigenvalue weighted by Gasteiger charge is 2.27. The van der Waals surface area contributed by atoms with Gasteiger partial charge >= 0.3 is 0 Å². The Labute approximate surface area is 117 Å². The fourth-order valence-electron chi connectivity index (χ4n) is 2.68. The number of hydrogen-bond donors (Lipinski definition) is 1. The third-order valence-electron chi connectivity index (χ3n) is 3.87. The molecular formula is C17H16FNO. The van der Waals surface area contributed by atoms with Crippen LogP contribution in [0.15, 0.2) is 42.5 Å². The molecule has 0 spiro atoms. The molecule has 1 N–H and O–H groups in total. The van der Waals surface area contributed by atoms with Crippen LogP contribution in [0.25, 0.3) is 0 Å². The first-order valence-electron chi connectivity index (χ1n) is 6.75. The lowest BCUT2D eigenvalue weighted by molar-refractivity contribution is 0.0954. The molecule has 2 aromatic carbocycles. The maximum atomic E-state index is 13.6. The first kappa shape index (κ1) is 13.0. The van der Waals surface area contributed by atoms with Gasteiger partial charge in [0, 0.05) is 18.7 Å². The van der Waals surface area contributed by atoms with Gasteiger partial charge in [-0.15, -0.1) is 0 Å². The number of halogens is 1. The van der Waals surface area contributed by atoms with Crippen LogP contribution in [-0.2, 0) is 6.54 Å². The van der Waals surface area contributed by atoms with Gasteiger partial charge in [-0.25, -0.2) is 4.39 Å². The Morgan fingerprint density at radius 2 is 2.05 bits per heavy atom. The van der Waals surface area contributed by atoms with Gasteiger partial charge in [0.2, 0.25) is 0 Å². The number of ketones is 1. The van der Waals surface area contributed by atoms with E-state index < -0.39 is 0 Å². The number of aryl methyl sites for hydroxylation is 1. The molecule has 0 fully saturated rings. The molecule has 1 atom stereocenters. The summed E-state index contributed by atoms with van der Waals surface area (Å²) in [5.74, 6) is -0.585. The molecular weight excluding hydrogens is 253 g/mol. The van der Waals surface area contributed by atoms with E-state index in [1.165, 1.54) is 6.07 Å². The van der Waals surface area contributed by atoms with Gasteiger partial charge in [0.25, 0.3) is 0 Å². The molecule has 2 nitrogen and oxygen atoms in total. The molecule has 0 radical (unpaired) electrons. The van der Waals surface area contributed by atoms with Gasteiger partial charge in [-0.1, -0.05) is 36.4 Å². The van der Waals surface area contributed by atoms with E-state index in [-0.39, 0.29) is 17.5 Å². The average molecular weight is 269 g/mol. The Hall–Kier alpha value is -2.00. The lowest BCUT2D eigenvalue weighted by Crippen LogP contribution is -2.32. The van der Waals surface area contributed by atoms with Crippen LogP contribution < -0.4 is 5.32 Å². The van der Waals surface area contributed by atoms with E-state index in [1.807, 2.05) is 24.3 Å². The van der Waals surface area contributed by atoms with Crippen molar-refractivity contribution in [1.29, 1.82) is 0 Å². The molecule has 1 unspecified atom stereocenters. The van der Waals surface area contributed by atoms with Crippen molar-refractivity contribution in [1.82, 2.24) is 5.32 Å². The van der Waals surface area contributed by atoms with Gasteiger partial charge in [0.15, 0.2) is 5.78 Å². The number of rotatable bonds is 2. The number of Topliss-reactive ketones (excluding diaryl/α,β-unsaturated/α-hetero) is 1. The molecule has 1 heterocycles. The van der Waals surface area contributed by atoms with Crippen molar-refractivity contribution in [2.45, 2.75) is 19.4 Å². The third-order valence-corrected chi connectivity index (χ3v) is 3.87. The zero-order valence-electron chi connectivity index (χ0n) is 11.3. The Balaban J connectivity index is 1.97. The van der Waals surface area contributed by atoms with Gasteiger partial charge in [-0.2, -0.15) is 0 Å². The van der Waals surface area contributed by atoms with Crippen molar-refractivity contribution in [2.24, 2.45) is 0 Å². The summed E-state index contributed by atoms with van der Waals surface area (Å²) in [4.78, 5) is 12.6. The van der Waals surface area contributed by atoms with Crippen molar-refractivity contribution in [3.05, 3.63) is 70.5 Å². The van der Waals surface area contributed by atoms with Crippen LogP contribution in [0.3, 0.4) is 0 Å². The molecule has 3 heteroatoms. The molecule has 0 amide bonds. The quantitative estimate of drug-likeness (QED) is 0.848. The van der Waals surface area contributed by atoms with Crippen molar-refractivity contribution in [3.63, 3.8) is 0 Å². The normalized spacial score (nSPS) is 17.6. The first-order chi connectivity index (χ1) is 9.66. The topological polar surface area (TPSA) is 29.1 Å². The molecule has 0 saturated heterocycles. The summed E-state index contributed by atoms with van der Waals surface area (Å²) < 4.78 is 13.6. The van der Waals surface area contributed by atoms with Gasteiger partial charge in [-0.3, -0.25) is 4.79 Å². The zero-order valence-corrected chi connectivity index (χ0v) is 11.3. The number of nitrogens with one attached hydrogen (secondary N) is 1. The zero-order chi connectivity index (χ0) is 14.1.